The van der Waals surface area contributed by atoms with Gasteiger partial charge in [-0.25, -0.2) is 0 Å². The van der Waals surface area contributed by atoms with Crippen molar-refractivity contribution in [3.63, 3.8) is 0 Å². The molecule has 2 N–H and O–H groups in total. The quantitative estimate of drug-likeness (QED) is 0.841. The smallest absolute Gasteiger partial charge is 0.191 e. The molecule has 2 atom stereocenters. The number of rotatable bonds is 1. The van der Waals surface area contributed by atoms with Gasteiger partial charge in [0.15, 0.2) is 5.41 Å². The predicted octanol–water partition coefficient (Wildman–Crippen LogP) is 3.93. The normalized spacial score (nSPS) is 24.8. The van der Waals surface area contributed by atoms with Gasteiger partial charge in [-0.05, 0) is 48.4 Å². The highest BCUT2D eigenvalue weighted by Gasteiger charge is 2.53. The van der Waals surface area contributed by atoms with E-state index in [0.29, 0.717) is 10.6 Å². The zero-order valence-corrected chi connectivity index (χ0v) is 13.7. The van der Waals surface area contributed by atoms with E-state index in [-0.39, 0.29) is 11.6 Å². The molecule has 0 heterocycles. The Balaban J connectivity index is 2.31. The number of halogens is 1. The summed E-state index contributed by atoms with van der Waals surface area (Å²) >= 11 is 5.98. The summed E-state index contributed by atoms with van der Waals surface area (Å²) in [5, 5.41) is 29.9. The summed E-state index contributed by atoms with van der Waals surface area (Å²) in [6.45, 7) is 0. The van der Waals surface area contributed by atoms with Crippen LogP contribution in [0.2, 0.25) is 5.02 Å². The van der Waals surface area contributed by atoms with E-state index in [1.165, 1.54) is 0 Å². The lowest BCUT2D eigenvalue weighted by atomic mass is 9.57. The van der Waals surface area contributed by atoms with Gasteiger partial charge in [0, 0.05) is 10.9 Å². The number of nitrogens with two attached hydrogens (primary N) is 1. The molecule has 0 saturated carbocycles. The number of allylic oxidation sites excluding steroid dienone is 4. The third-order valence-corrected chi connectivity index (χ3v) is 5.28. The van der Waals surface area contributed by atoms with Crippen LogP contribution in [-0.2, 0) is 0 Å². The van der Waals surface area contributed by atoms with E-state index in [2.05, 4.69) is 18.2 Å². The second-order valence-corrected chi connectivity index (χ2v) is 6.59. The molecule has 0 spiro atoms. The summed E-state index contributed by atoms with van der Waals surface area (Å²) < 4.78 is 0. The van der Waals surface area contributed by atoms with Crippen molar-refractivity contribution in [3.8, 4) is 18.2 Å². The van der Waals surface area contributed by atoms with Gasteiger partial charge >= 0.3 is 0 Å². The first-order chi connectivity index (χ1) is 11.6. The molecule has 0 amide bonds. The Morgan fingerprint density at radius 2 is 1.79 bits per heavy atom. The average molecular weight is 335 g/mol. The van der Waals surface area contributed by atoms with Gasteiger partial charge in [0.25, 0.3) is 0 Å². The monoisotopic (exact) mass is 334 g/mol. The lowest BCUT2D eigenvalue weighted by molar-refractivity contribution is 0.317. The number of hydrogen-bond acceptors (Lipinski definition) is 4. The Bertz CT molecular complexity index is 845. The second-order valence-electron chi connectivity index (χ2n) is 6.16. The summed E-state index contributed by atoms with van der Waals surface area (Å²) in [7, 11) is 0. The molecule has 0 saturated heterocycles. The maximum Gasteiger partial charge on any atom is 0.191 e. The van der Waals surface area contributed by atoms with Crippen LogP contribution in [-0.4, -0.2) is 0 Å². The van der Waals surface area contributed by atoms with Crippen LogP contribution < -0.4 is 5.73 Å². The van der Waals surface area contributed by atoms with E-state index >= 15 is 0 Å². The molecule has 0 bridgehead atoms. The fourth-order valence-electron chi connectivity index (χ4n) is 3.92. The molecule has 0 radical (unpaired) electrons. The third-order valence-electron chi connectivity index (χ3n) is 5.03. The standard InChI is InChI=1S/C19H15ClN4/c20-13-7-5-12(6-8-13)17-15-4-2-1-3-14(15)16(9-21)18(24)19(17,10-22)11-23/h3,5-8,15,17H,1-2,4,24H2/t15-,17-/m1/s1. The molecule has 0 aromatic heterocycles. The number of hydrogen-bond donors (Lipinski definition) is 1. The van der Waals surface area contributed by atoms with Crippen molar-refractivity contribution in [3.05, 3.63) is 57.8 Å². The zero-order chi connectivity index (χ0) is 17.3. The molecule has 4 nitrogen and oxygen atoms in total. The summed E-state index contributed by atoms with van der Waals surface area (Å²) in [5.41, 5.74) is 6.75. The Morgan fingerprint density at radius 3 is 2.38 bits per heavy atom. The van der Waals surface area contributed by atoms with Crippen LogP contribution in [0.5, 0.6) is 0 Å². The fraction of sp³-hybridized carbons (Fsp3) is 0.316. The Labute approximate surface area is 146 Å². The minimum atomic E-state index is -1.54. The topological polar surface area (TPSA) is 97.4 Å². The van der Waals surface area contributed by atoms with E-state index in [9.17, 15) is 15.8 Å². The van der Waals surface area contributed by atoms with Gasteiger partial charge in [-0.3, -0.25) is 0 Å². The molecule has 24 heavy (non-hydrogen) atoms. The van der Waals surface area contributed by atoms with Gasteiger partial charge in [0.1, 0.15) is 6.07 Å². The summed E-state index contributed by atoms with van der Waals surface area (Å²) in [5.74, 6) is -0.477. The number of nitrogens with zero attached hydrogens (tertiary/aromatic N) is 3. The Morgan fingerprint density at radius 1 is 1.12 bits per heavy atom. The largest absolute Gasteiger partial charge is 0.399 e. The molecule has 0 unspecified atom stereocenters. The molecular weight excluding hydrogens is 320 g/mol. The molecule has 2 aliphatic carbocycles. The van der Waals surface area contributed by atoms with Crippen LogP contribution >= 0.6 is 11.6 Å². The van der Waals surface area contributed by atoms with Crippen molar-refractivity contribution < 1.29 is 0 Å². The lowest BCUT2D eigenvalue weighted by Crippen LogP contribution is -2.42. The molecule has 3 rings (SSSR count). The van der Waals surface area contributed by atoms with Crippen LogP contribution in [0.1, 0.15) is 30.7 Å². The highest BCUT2D eigenvalue weighted by molar-refractivity contribution is 6.30. The Kier molecular flexibility index (Phi) is 4.06. The lowest BCUT2D eigenvalue weighted by Gasteiger charge is -2.43. The molecule has 0 fully saturated rings. The van der Waals surface area contributed by atoms with E-state index in [1.54, 1.807) is 12.1 Å². The minimum absolute atomic E-state index is 0.0684. The molecular formula is C19H15ClN4. The first-order valence-corrected chi connectivity index (χ1v) is 8.15. The van der Waals surface area contributed by atoms with Gasteiger partial charge in [-0.2, -0.15) is 15.8 Å². The van der Waals surface area contributed by atoms with E-state index in [1.807, 2.05) is 18.2 Å². The Hall–Kier alpha value is -2.74. The van der Waals surface area contributed by atoms with Crippen LogP contribution in [0.3, 0.4) is 0 Å². The van der Waals surface area contributed by atoms with Gasteiger partial charge in [0.05, 0.1) is 23.4 Å². The summed E-state index contributed by atoms with van der Waals surface area (Å²) in [6, 6.07) is 13.6. The highest BCUT2D eigenvalue weighted by atomic mass is 35.5. The number of benzene rings is 1. The molecule has 1 aromatic rings. The fourth-order valence-corrected chi connectivity index (χ4v) is 4.05. The second kappa shape index (κ2) is 6.04. The highest BCUT2D eigenvalue weighted by Crippen LogP contribution is 2.55. The van der Waals surface area contributed by atoms with Crippen LogP contribution in [0, 0.1) is 45.3 Å². The molecule has 5 heteroatoms. The van der Waals surface area contributed by atoms with Crippen molar-refractivity contribution in [1.82, 2.24) is 0 Å². The summed E-state index contributed by atoms with van der Waals surface area (Å²) in [6.07, 6.45) is 4.69. The van der Waals surface area contributed by atoms with Gasteiger partial charge < -0.3 is 5.73 Å². The number of nitriles is 3. The SMILES string of the molecule is N#CC1=C(N)C(C#N)(C#N)[C@H](c2ccc(Cl)cc2)[C@@H]2CCCC=C12. The third kappa shape index (κ3) is 2.18. The van der Waals surface area contributed by atoms with E-state index in [4.69, 9.17) is 17.3 Å². The summed E-state index contributed by atoms with van der Waals surface area (Å²) in [4.78, 5) is 0. The van der Waals surface area contributed by atoms with Gasteiger partial charge in [-0.15, -0.1) is 0 Å². The van der Waals surface area contributed by atoms with Crippen molar-refractivity contribution in [2.24, 2.45) is 17.1 Å². The average Bonchev–Trinajstić information content (AvgIpc) is 2.62. The van der Waals surface area contributed by atoms with Crippen molar-refractivity contribution in [2.45, 2.75) is 25.2 Å². The van der Waals surface area contributed by atoms with E-state index < -0.39 is 11.3 Å². The predicted molar refractivity (Wildman–Crippen MR) is 90.1 cm³/mol. The van der Waals surface area contributed by atoms with Gasteiger partial charge in [-0.1, -0.05) is 29.8 Å². The van der Waals surface area contributed by atoms with E-state index in [0.717, 1.165) is 30.4 Å². The maximum atomic E-state index is 9.86. The van der Waals surface area contributed by atoms with Crippen molar-refractivity contribution >= 4 is 11.6 Å². The first-order valence-electron chi connectivity index (χ1n) is 7.77. The molecule has 118 valence electrons. The van der Waals surface area contributed by atoms with Crippen molar-refractivity contribution in [2.75, 3.05) is 0 Å². The van der Waals surface area contributed by atoms with Crippen LogP contribution in [0.4, 0.5) is 0 Å². The minimum Gasteiger partial charge on any atom is -0.399 e. The first kappa shape index (κ1) is 16.1. The maximum absolute atomic E-state index is 9.86. The number of fused-ring (bicyclic) bond motifs is 1. The molecule has 1 aromatic carbocycles. The van der Waals surface area contributed by atoms with Gasteiger partial charge in [0.2, 0.25) is 0 Å². The van der Waals surface area contributed by atoms with Crippen LogP contribution in [0.15, 0.2) is 47.2 Å². The zero-order valence-electron chi connectivity index (χ0n) is 13.0. The molecule has 2 aliphatic rings. The van der Waals surface area contributed by atoms with Crippen LogP contribution in [0.25, 0.3) is 0 Å². The molecule has 0 aliphatic heterocycles. The van der Waals surface area contributed by atoms with Crippen molar-refractivity contribution in [1.29, 1.82) is 15.8 Å².